The second-order valence-corrected chi connectivity index (χ2v) is 5.58. The maximum Gasteiger partial charge on any atom is 0.416 e. The van der Waals surface area contributed by atoms with Crippen molar-refractivity contribution in [3.63, 3.8) is 0 Å². The summed E-state index contributed by atoms with van der Waals surface area (Å²) >= 11 is 0. The van der Waals surface area contributed by atoms with Crippen molar-refractivity contribution in [1.29, 1.82) is 0 Å². The van der Waals surface area contributed by atoms with E-state index in [2.05, 4.69) is 10.4 Å². The van der Waals surface area contributed by atoms with Crippen LogP contribution < -0.4 is 5.32 Å². The molecule has 2 aromatic rings. The molecule has 8 heteroatoms. The number of aromatic nitrogens is 2. The first-order valence-corrected chi connectivity index (χ1v) is 7.62. The minimum Gasteiger partial charge on any atom is -0.353 e. The van der Waals surface area contributed by atoms with Crippen molar-refractivity contribution in [2.75, 3.05) is 19.6 Å². The Bertz CT molecular complexity index is 700. The van der Waals surface area contributed by atoms with E-state index in [4.69, 9.17) is 0 Å². The van der Waals surface area contributed by atoms with Gasteiger partial charge < -0.3 is 5.32 Å². The van der Waals surface area contributed by atoms with Crippen LogP contribution >= 0.6 is 0 Å². The summed E-state index contributed by atoms with van der Waals surface area (Å²) in [5.41, 5.74) is -0.779. The van der Waals surface area contributed by atoms with Crippen LogP contribution in [0.1, 0.15) is 17.2 Å². The Labute approximate surface area is 137 Å². The minimum absolute atomic E-state index is 0.0114. The van der Waals surface area contributed by atoms with Gasteiger partial charge >= 0.3 is 6.18 Å². The molecule has 2 heterocycles. The maximum atomic E-state index is 13.3. The highest BCUT2D eigenvalue weighted by Crippen LogP contribution is 2.36. The summed E-state index contributed by atoms with van der Waals surface area (Å²) in [5, 5.41) is 6.75. The molecule has 0 spiro atoms. The number of carbonyl (C=O) groups is 1. The summed E-state index contributed by atoms with van der Waals surface area (Å²) in [6, 6.07) is 6.08. The Kier molecular flexibility index (Phi) is 4.57. The molecule has 0 radical (unpaired) electrons. The molecule has 1 aromatic carbocycles. The first-order chi connectivity index (χ1) is 11.5. The Morgan fingerprint density at radius 2 is 2.00 bits per heavy atom. The molecule has 1 amide bonds. The van der Waals surface area contributed by atoms with Crippen LogP contribution in [-0.2, 0) is 17.5 Å². The van der Waals surface area contributed by atoms with Crippen LogP contribution in [0.2, 0.25) is 0 Å². The Morgan fingerprint density at radius 3 is 2.71 bits per heavy atom. The largest absolute Gasteiger partial charge is 0.416 e. The third kappa shape index (κ3) is 3.43. The lowest BCUT2D eigenvalue weighted by Gasteiger charge is -2.36. The van der Waals surface area contributed by atoms with Gasteiger partial charge in [0.1, 0.15) is 6.04 Å². The topological polar surface area (TPSA) is 50.2 Å². The quantitative estimate of drug-likeness (QED) is 0.929. The summed E-state index contributed by atoms with van der Waals surface area (Å²) in [7, 11) is 0. The van der Waals surface area contributed by atoms with Crippen molar-refractivity contribution in [2.24, 2.45) is 0 Å². The molecule has 1 aromatic heterocycles. The smallest absolute Gasteiger partial charge is 0.353 e. The molecular weight excluding hydrogens is 321 g/mol. The molecule has 0 saturated carbocycles. The highest BCUT2D eigenvalue weighted by atomic mass is 19.4. The van der Waals surface area contributed by atoms with Crippen molar-refractivity contribution in [3.8, 4) is 0 Å². The third-order valence-corrected chi connectivity index (χ3v) is 4.05. The molecular formula is C16H17F3N4O. The zero-order valence-corrected chi connectivity index (χ0v) is 12.8. The number of nitrogens with one attached hydrogen (secondary N) is 1. The van der Waals surface area contributed by atoms with Crippen molar-refractivity contribution in [3.05, 3.63) is 53.9 Å². The maximum absolute atomic E-state index is 13.3. The summed E-state index contributed by atoms with van der Waals surface area (Å²) in [4.78, 5) is 14.1. The second kappa shape index (κ2) is 6.64. The van der Waals surface area contributed by atoms with Gasteiger partial charge in [0, 0.05) is 32.0 Å². The fraction of sp³-hybridized carbons (Fsp3) is 0.375. The highest BCUT2D eigenvalue weighted by Gasteiger charge is 2.39. The molecule has 0 aliphatic carbocycles. The van der Waals surface area contributed by atoms with Crippen molar-refractivity contribution in [2.45, 2.75) is 18.8 Å². The van der Waals surface area contributed by atoms with E-state index in [1.165, 1.54) is 18.2 Å². The van der Waals surface area contributed by atoms with Gasteiger partial charge in [-0.15, -0.1) is 0 Å². The predicted molar refractivity (Wildman–Crippen MR) is 81.0 cm³/mol. The zero-order valence-electron chi connectivity index (χ0n) is 12.8. The third-order valence-electron chi connectivity index (χ3n) is 4.05. The molecule has 128 valence electrons. The van der Waals surface area contributed by atoms with Gasteiger partial charge in [0.25, 0.3) is 0 Å². The first kappa shape index (κ1) is 16.5. The number of hydrogen-bond acceptors (Lipinski definition) is 3. The number of carbonyl (C=O) groups excluding carboxylic acids is 1. The van der Waals surface area contributed by atoms with E-state index in [-0.39, 0.29) is 5.56 Å². The van der Waals surface area contributed by atoms with Crippen molar-refractivity contribution < 1.29 is 18.0 Å². The summed E-state index contributed by atoms with van der Waals surface area (Å²) in [5.74, 6) is -0.404. The van der Waals surface area contributed by atoms with E-state index in [1.807, 2.05) is 0 Å². The average molecular weight is 338 g/mol. The number of benzene rings is 1. The Morgan fingerprint density at radius 1 is 1.21 bits per heavy atom. The molecule has 24 heavy (non-hydrogen) atoms. The van der Waals surface area contributed by atoms with Crippen LogP contribution in [0.15, 0.2) is 42.7 Å². The Balaban J connectivity index is 1.89. The fourth-order valence-electron chi connectivity index (χ4n) is 2.95. The van der Waals surface area contributed by atoms with Crippen LogP contribution in [0.25, 0.3) is 0 Å². The molecule has 1 N–H and O–H groups in total. The molecule has 5 nitrogen and oxygen atoms in total. The number of amides is 1. The average Bonchev–Trinajstić information content (AvgIpc) is 3.05. The molecule has 3 rings (SSSR count). The Hall–Kier alpha value is -2.35. The summed E-state index contributed by atoms with van der Waals surface area (Å²) in [6.07, 6.45) is -1.08. The van der Waals surface area contributed by atoms with Crippen LogP contribution in [0, 0.1) is 0 Å². The lowest BCUT2D eigenvalue weighted by molar-refractivity contribution is -0.140. The zero-order chi connectivity index (χ0) is 17.2. The standard InChI is InChI=1S/C16H17F3N4O/c17-16(18,19)13-5-2-1-4-12(13)14-15(24)20-7-9-22(14)10-11-23-8-3-6-21-23/h1-6,8,14H,7,9-11H2,(H,20,24)/t14-/m1/s1. The molecule has 1 aliphatic heterocycles. The monoisotopic (exact) mass is 338 g/mol. The SMILES string of the molecule is O=C1NCCN(CCn2cccn2)[C@@H]1c1ccccc1C(F)(F)F. The lowest BCUT2D eigenvalue weighted by Crippen LogP contribution is -2.51. The molecule has 0 bridgehead atoms. The van der Waals surface area contributed by atoms with E-state index in [0.29, 0.717) is 26.2 Å². The lowest BCUT2D eigenvalue weighted by atomic mass is 9.96. The number of halogens is 3. The van der Waals surface area contributed by atoms with E-state index in [9.17, 15) is 18.0 Å². The molecule has 1 aliphatic rings. The van der Waals surface area contributed by atoms with Gasteiger partial charge in [0.15, 0.2) is 0 Å². The van der Waals surface area contributed by atoms with Crippen molar-refractivity contribution in [1.82, 2.24) is 20.0 Å². The molecule has 1 fully saturated rings. The van der Waals surface area contributed by atoms with Gasteiger partial charge in [-0.3, -0.25) is 14.4 Å². The summed E-state index contributed by atoms with van der Waals surface area (Å²) < 4.78 is 41.6. The van der Waals surface area contributed by atoms with Crippen LogP contribution in [-0.4, -0.2) is 40.2 Å². The van der Waals surface area contributed by atoms with Crippen LogP contribution in [0.4, 0.5) is 13.2 Å². The van der Waals surface area contributed by atoms with E-state index >= 15 is 0 Å². The number of piperazine rings is 1. The number of nitrogens with zero attached hydrogens (tertiary/aromatic N) is 3. The number of alkyl halides is 3. The molecule has 1 saturated heterocycles. The van der Waals surface area contributed by atoms with Gasteiger partial charge in [-0.25, -0.2) is 0 Å². The normalized spacial score (nSPS) is 19.3. The van der Waals surface area contributed by atoms with E-state index < -0.39 is 23.7 Å². The van der Waals surface area contributed by atoms with E-state index in [1.54, 1.807) is 28.0 Å². The number of hydrogen-bond donors (Lipinski definition) is 1. The van der Waals surface area contributed by atoms with Crippen molar-refractivity contribution >= 4 is 5.91 Å². The predicted octanol–water partition coefficient (Wildman–Crippen LogP) is 2.08. The van der Waals surface area contributed by atoms with Gasteiger partial charge in [-0.1, -0.05) is 18.2 Å². The fourth-order valence-corrected chi connectivity index (χ4v) is 2.95. The van der Waals surface area contributed by atoms with Gasteiger partial charge in [-0.2, -0.15) is 18.3 Å². The second-order valence-electron chi connectivity index (χ2n) is 5.58. The van der Waals surface area contributed by atoms with Gasteiger partial charge in [-0.05, 0) is 17.7 Å². The molecule has 0 unspecified atom stereocenters. The summed E-state index contributed by atoms with van der Waals surface area (Å²) in [6.45, 7) is 1.85. The van der Waals surface area contributed by atoms with Gasteiger partial charge in [0.2, 0.25) is 5.91 Å². The minimum atomic E-state index is -4.50. The highest BCUT2D eigenvalue weighted by molar-refractivity contribution is 5.84. The number of rotatable bonds is 4. The first-order valence-electron chi connectivity index (χ1n) is 7.62. The van der Waals surface area contributed by atoms with Gasteiger partial charge in [0.05, 0.1) is 12.1 Å². The van der Waals surface area contributed by atoms with Crippen LogP contribution in [0.5, 0.6) is 0 Å². The molecule has 1 atom stereocenters. The van der Waals surface area contributed by atoms with E-state index in [0.717, 1.165) is 6.07 Å². The van der Waals surface area contributed by atoms with Crippen LogP contribution in [0.3, 0.4) is 0 Å².